The van der Waals surface area contributed by atoms with Crippen LogP contribution in [0.1, 0.15) is 24.1 Å². The lowest BCUT2D eigenvalue weighted by molar-refractivity contribution is 0.703. The summed E-state index contributed by atoms with van der Waals surface area (Å²) in [6.07, 6.45) is 0. The van der Waals surface area contributed by atoms with Gasteiger partial charge in [0.1, 0.15) is 5.82 Å². The standard InChI is InChI=1S/C8H13ClN2/c1-4-11-7(3)6(2)10-8(11)5-9/h4-5H2,1-3H3. The molecule has 0 aliphatic rings. The Bertz CT molecular complexity index is 253. The minimum atomic E-state index is 0.503. The van der Waals surface area contributed by atoms with Crippen LogP contribution in [0.2, 0.25) is 0 Å². The second-order valence-corrected chi connectivity index (χ2v) is 2.84. The summed E-state index contributed by atoms with van der Waals surface area (Å²) in [5.41, 5.74) is 2.31. The van der Waals surface area contributed by atoms with Crippen molar-refractivity contribution in [3.05, 3.63) is 17.2 Å². The van der Waals surface area contributed by atoms with E-state index in [0.717, 1.165) is 18.1 Å². The molecule has 3 heteroatoms. The van der Waals surface area contributed by atoms with Gasteiger partial charge in [-0.15, -0.1) is 11.6 Å². The first-order valence-electron chi connectivity index (χ1n) is 3.79. The van der Waals surface area contributed by atoms with Crippen LogP contribution >= 0.6 is 11.6 Å². The van der Waals surface area contributed by atoms with E-state index in [1.54, 1.807) is 0 Å². The van der Waals surface area contributed by atoms with E-state index in [0.29, 0.717) is 5.88 Å². The van der Waals surface area contributed by atoms with Crippen LogP contribution in [0, 0.1) is 13.8 Å². The number of nitrogens with zero attached hydrogens (tertiary/aromatic N) is 2. The molecule has 0 spiro atoms. The number of hydrogen-bond donors (Lipinski definition) is 0. The van der Waals surface area contributed by atoms with Gasteiger partial charge in [-0.3, -0.25) is 0 Å². The molecule has 0 aromatic carbocycles. The lowest BCUT2D eigenvalue weighted by Gasteiger charge is -2.03. The van der Waals surface area contributed by atoms with Crippen LogP contribution in [0.3, 0.4) is 0 Å². The van der Waals surface area contributed by atoms with E-state index < -0.39 is 0 Å². The average molecular weight is 173 g/mol. The van der Waals surface area contributed by atoms with Crippen molar-refractivity contribution in [2.45, 2.75) is 33.2 Å². The smallest absolute Gasteiger partial charge is 0.124 e. The van der Waals surface area contributed by atoms with E-state index in [2.05, 4.69) is 23.4 Å². The summed E-state index contributed by atoms with van der Waals surface area (Å²) >= 11 is 5.71. The fourth-order valence-electron chi connectivity index (χ4n) is 1.25. The molecule has 0 atom stereocenters. The fraction of sp³-hybridized carbons (Fsp3) is 0.625. The molecule has 0 radical (unpaired) electrons. The molecule has 11 heavy (non-hydrogen) atoms. The topological polar surface area (TPSA) is 17.8 Å². The highest BCUT2D eigenvalue weighted by atomic mass is 35.5. The number of aromatic nitrogens is 2. The van der Waals surface area contributed by atoms with Crippen molar-refractivity contribution in [3.8, 4) is 0 Å². The summed E-state index contributed by atoms with van der Waals surface area (Å²) in [5, 5.41) is 0. The molecule has 0 aliphatic heterocycles. The average Bonchev–Trinajstić information content (AvgIpc) is 2.28. The maximum Gasteiger partial charge on any atom is 0.124 e. The molecule has 0 saturated carbocycles. The van der Waals surface area contributed by atoms with Crippen molar-refractivity contribution >= 4 is 11.6 Å². The van der Waals surface area contributed by atoms with Crippen LogP contribution in [0.4, 0.5) is 0 Å². The first-order valence-corrected chi connectivity index (χ1v) is 4.32. The third kappa shape index (κ3) is 1.41. The van der Waals surface area contributed by atoms with Gasteiger partial charge >= 0.3 is 0 Å². The minimum absolute atomic E-state index is 0.503. The van der Waals surface area contributed by atoms with Gasteiger partial charge in [-0.2, -0.15) is 0 Å². The zero-order chi connectivity index (χ0) is 8.43. The van der Waals surface area contributed by atoms with E-state index in [-0.39, 0.29) is 0 Å². The second-order valence-electron chi connectivity index (χ2n) is 2.58. The highest BCUT2D eigenvalue weighted by Gasteiger charge is 2.06. The lowest BCUT2D eigenvalue weighted by Crippen LogP contribution is -2.01. The summed E-state index contributed by atoms with van der Waals surface area (Å²) in [6, 6.07) is 0. The third-order valence-electron chi connectivity index (χ3n) is 1.97. The Morgan fingerprint density at radius 1 is 1.45 bits per heavy atom. The number of rotatable bonds is 2. The molecule has 0 N–H and O–H groups in total. The SMILES string of the molecule is CCn1c(CCl)nc(C)c1C. The third-order valence-corrected chi connectivity index (χ3v) is 2.21. The maximum absolute atomic E-state index is 5.71. The van der Waals surface area contributed by atoms with Crippen molar-refractivity contribution in [1.82, 2.24) is 9.55 Å². The predicted octanol–water partition coefficient (Wildman–Crippen LogP) is 2.26. The zero-order valence-corrected chi connectivity index (χ0v) is 7.94. The Labute approximate surface area is 72.2 Å². The van der Waals surface area contributed by atoms with Gasteiger partial charge in [0.25, 0.3) is 0 Å². The van der Waals surface area contributed by atoms with Gasteiger partial charge in [0.2, 0.25) is 0 Å². The van der Waals surface area contributed by atoms with Crippen LogP contribution in [0.25, 0.3) is 0 Å². The Morgan fingerprint density at radius 2 is 2.09 bits per heavy atom. The summed E-state index contributed by atoms with van der Waals surface area (Å²) < 4.78 is 2.14. The molecule has 0 fully saturated rings. The number of halogens is 1. The van der Waals surface area contributed by atoms with Crippen molar-refractivity contribution in [1.29, 1.82) is 0 Å². The number of hydrogen-bond acceptors (Lipinski definition) is 1. The van der Waals surface area contributed by atoms with Gasteiger partial charge in [-0.05, 0) is 20.8 Å². The molecule has 1 rings (SSSR count). The van der Waals surface area contributed by atoms with E-state index >= 15 is 0 Å². The summed E-state index contributed by atoms with van der Waals surface area (Å²) in [4.78, 5) is 4.33. The number of aryl methyl sites for hydroxylation is 1. The first kappa shape index (κ1) is 8.60. The van der Waals surface area contributed by atoms with Crippen LogP contribution in [-0.2, 0) is 12.4 Å². The molecule has 0 aliphatic carbocycles. The lowest BCUT2D eigenvalue weighted by atomic mass is 10.4. The van der Waals surface area contributed by atoms with Gasteiger partial charge < -0.3 is 4.57 Å². The molecule has 1 aromatic heterocycles. The first-order chi connectivity index (χ1) is 5.20. The van der Waals surface area contributed by atoms with Crippen molar-refractivity contribution < 1.29 is 0 Å². The summed E-state index contributed by atoms with van der Waals surface area (Å²) in [5.74, 6) is 1.48. The molecule has 62 valence electrons. The fourth-order valence-corrected chi connectivity index (χ4v) is 1.45. The summed E-state index contributed by atoms with van der Waals surface area (Å²) in [6.45, 7) is 7.14. The Balaban J connectivity index is 3.15. The Morgan fingerprint density at radius 3 is 2.45 bits per heavy atom. The van der Waals surface area contributed by atoms with Gasteiger partial charge in [0, 0.05) is 12.2 Å². The Hall–Kier alpha value is -0.500. The van der Waals surface area contributed by atoms with E-state index in [4.69, 9.17) is 11.6 Å². The molecule has 1 aromatic rings. The van der Waals surface area contributed by atoms with Crippen LogP contribution < -0.4 is 0 Å². The molecule has 1 heterocycles. The quantitative estimate of drug-likeness (QED) is 0.626. The molecular formula is C8H13ClN2. The van der Waals surface area contributed by atoms with Crippen LogP contribution in [0.15, 0.2) is 0 Å². The predicted molar refractivity (Wildman–Crippen MR) is 46.9 cm³/mol. The van der Waals surface area contributed by atoms with Gasteiger partial charge in [0.15, 0.2) is 0 Å². The van der Waals surface area contributed by atoms with E-state index in [9.17, 15) is 0 Å². The molecule has 2 nitrogen and oxygen atoms in total. The minimum Gasteiger partial charge on any atom is -0.331 e. The highest BCUT2D eigenvalue weighted by molar-refractivity contribution is 6.16. The van der Waals surface area contributed by atoms with Gasteiger partial charge in [0.05, 0.1) is 11.6 Å². The van der Waals surface area contributed by atoms with Crippen LogP contribution in [-0.4, -0.2) is 9.55 Å². The molecular weight excluding hydrogens is 160 g/mol. The van der Waals surface area contributed by atoms with Crippen LogP contribution in [0.5, 0.6) is 0 Å². The molecule has 0 saturated heterocycles. The number of imidazole rings is 1. The van der Waals surface area contributed by atoms with E-state index in [1.807, 2.05) is 6.92 Å². The zero-order valence-electron chi connectivity index (χ0n) is 7.19. The Kier molecular flexibility index (Phi) is 2.55. The van der Waals surface area contributed by atoms with Crippen molar-refractivity contribution in [3.63, 3.8) is 0 Å². The monoisotopic (exact) mass is 172 g/mol. The molecule has 0 bridgehead atoms. The maximum atomic E-state index is 5.71. The van der Waals surface area contributed by atoms with Crippen molar-refractivity contribution in [2.75, 3.05) is 0 Å². The van der Waals surface area contributed by atoms with Gasteiger partial charge in [-0.1, -0.05) is 0 Å². The molecule has 0 unspecified atom stereocenters. The second kappa shape index (κ2) is 3.26. The van der Waals surface area contributed by atoms with Gasteiger partial charge in [-0.25, -0.2) is 4.98 Å². The highest BCUT2D eigenvalue weighted by Crippen LogP contribution is 2.11. The largest absolute Gasteiger partial charge is 0.331 e. The normalized spacial score (nSPS) is 10.5. The van der Waals surface area contributed by atoms with E-state index in [1.165, 1.54) is 5.69 Å². The number of alkyl halides is 1. The van der Waals surface area contributed by atoms with Crippen molar-refractivity contribution in [2.24, 2.45) is 0 Å². The molecule has 0 amide bonds. The summed E-state index contributed by atoms with van der Waals surface area (Å²) in [7, 11) is 0.